The highest BCUT2D eigenvalue weighted by molar-refractivity contribution is 7.89. The summed E-state index contributed by atoms with van der Waals surface area (Å²) in [7, 11) is -0.982. The highest BCUT2D eigenvalue weighted by Gasteiger charge is 2.22. The van der Waals surface area contributed by atoms with Gasteiger partial charge in [0.1, 0.15) is 10.6 Å². The first-order valence-electron chi connectivity index (χ1n) is 8.84. The lowest BCUT2D eigenvalue weighted by atomic mass is 10.1. The standard InChI is InChI=1S/C22H18ClN3O3S/c1-26(2)30(28,29)21-15-17(10-12-20(21)23)22(27)25-19-8-5-6-16(14-19)9-11-18-7-3-4-13-24-18/h3-8,10,12-15H,1-2H3,(H,25,27). The van der Waals surface area contributed by atoms with Crippen molar-refractivity contribution in [1.82, 2.24) is 9.29 Å². The second-order valence-corrected chi connectivity index (χ2v) is 8.96. The van der Waals surface area contributed by atoms with Crippen LogP contribution in [0.2, 0.25) is 5.02 Å². The third-order valence-electron chi connectivity index (χ3n) is 4.07. The first-order chi connectivity index (χ1) is 14.3. The molecule has 3 rings (SSSR count). The fraction of sp³-hybridized carbons (Fsp3) is 0.0909. The fourth-order valence-corrected chi connectivity index (χ4v) is 3.88. The van der Waals surface area contributed by atoms with Crippen LogP contribution in [-0.2, 0) is 10.0 Å². The van der Waals surface area contributed by atoms with Gasteiger partial charge in [0.2, 0.25) is 10.0 Å². The number of pyridine rings is 1. The molecule has 8 heteroatoms. The molecule has 0 aliphatic rings. The molecule has 1 heterocycles. The number of nitrogens with one attached hydrogen (secondary N) is 1. The number of sulfonamides is 1. The summed E-state index contributed by atoms with van der Waals surface area (Å²) in [5.41, 5.74) is 2.04. The van der Waals surface area contributed by atoms with Gasteiger partial charge in [-0.1, -0.05) is 29.7 Å². The van der Waals surface area contributed by atoms with Crippen LogP contribution in [0.1, 0.15) is 21.6 Å². The van der Waals surface area contributed by atoms with Gasteiger partial charge in [0, 0.05) is 37.1 Å². The summed E-state index contributed by atoms with van der Waals surface area (Å²) in [4.78, 5) is 16.7. The summed E-state index contributed by atoms with van der Waals surface area (Å²) in [6.45, 7) is 0. The van der Waals surface area contributed by atoms with Crippen LogP contribution >= 0.6 is 11.6 Å². The maximum absolute atomic E-state index is 12.7. The summed E-state index contributed by atoms with van der Waals surface area (Å²) < 4.78 is 25.9. The molecule has 0 saturated heterocycles. The Balaban J connectivity index is 1.83. The largest absolute Gasteiger partial charge is 0.322 e. The van der Waals surface area contributed by atoms with E-state index in [1.54, 1.807) is 30.5 Å². The van der Waals surface area contributed by atoms with Crippen molar-refractivity contribution in [2.45, 2.75) is 4.90 Å². The number of rotatable bonds is 4. The van der Waals surface area contributed by atoms with Crippen LogP contribution < -0.4 is 5.32 Å². The number of halogens is 1. The highest BCUT2D eigenvalue weighted by Crippen LogP contribution is 2.25. The van der Waals surface area contributed by atoms with Gasteiger partial charge in [-0.15, -0.1) is 0 Å². The van der Waals surface area contributed by atoms with E-state index >= 15 is 0 Å². The van der Waals surface area contributed by atoms with E-state index in [1.165, 1.54) is 32.3 Å². The van der Waals surface area contributed by atoms with Crippen molar-refractivity contribution in [3.63, 3.8) is 0 Å². The number of nitrogens with zero attached hydrogens (tertiary/aromatic N) is 2. The van der Waals surface area contributed by atoms with Crippen molar-refractivity contribution in [2.75, 3.05) is 19.4 Å². The minimum absolute atomic E-state index is 0.0482. The Kier molecular flexibility index (Phi) is 6.53. The minimum Gasteiger partial charge on any atom is -0.322 e. The zero-order valence-electron chi connectivity index (χ0n) is 16.3. The Labute approximate surface area is 180 Å². The monoisotopic (exact) mass is 439 g/mol. The minimum atomic E-state index is -3.78. The van der Waals surface area contributed by atoms with Gasteiger partial charge in [0.25, 0.3) is 5.91 Å². The van der Waals surface area contributed by atoms with E-state index in [-0.39, 0.29) is 15.5 Å². The zero-order chi connectivity index (χ0) is 21.7. The maximum Gasteiger partial charge on any atom is 0.255 e. The molecule has 1 N–H and O–H groups in total. The van der Waals surface area contributed by atoms with Crippen LogP contribution in [0.3, 0.4) is 0 Å². The molecule has 152 valence electrons. The molecule has 30 heavy (non-hydrogen) atoms. The van der Waals surface area contributed by atoms with Crippen molar-refractivity contribution in [2.24, 2.45) is 0 Å². The zero-order valence-corrected chi connectivity index (χ0v) is 17.8. The predicted molar refractivity (Wildman–Crippen MR) is 117 cm³/mol. The van der Waals surface area contributed by atoms with Gasteiger partial charge in [-0.2, -0.15) is 0 Å². The molecule has 0 atom stereocenters. The van der Waals surface area contributed by atoms with Gasteiger partial charge in [-0.25, -0.2) is 17.7 Å². The lowest BCUT2D eigenvalue weighted by Gasteiger charge is -2.14. The summed E-state index contributed by atoms with van der Waals surface area (Å²) in [6, 6.07) is 16.6. The van der Waals surface area contributed by atoms with Gasteiger partial charge < -0.3 is 5.32 Å². The van der Waals surface area contributed by atoms with Crippen molar-refractivity contribution < 1.29 is 13.2 Å². The van der Waals surface area contributed by atoms with Gasteiger partial charge in [-0.3, -0.25) is 4.79 Å². The Hall–Kier alpha value is -3.18. The number of carbonyl (C=O) groups is 1. The fourth-order valence-electron chi connectivity index (χ4n) is 2.49. The summed E-state index contributed by atoms with van der Waals surface area (Å²) >= 11 is 6.04. The number of amides is 1. The highest BCUT2D eigenvalue weighted by atomic mass is 35.5. The van der Waals surface area contributed by atoms with Gasteiger partial charge in [-0.05, 0) is 54.5 Å². The molecule has 1 amide bonds. The SMILES string of the molecule is CN(C)S(=O)(=O)c1cc(C(=O)Nc2cccc(C#Cc3ccccn3)c2)ccc1Cl. The average Bonchev–Trinajstić information content (AvgIpc) is 2.73. The molecule has 6 nitrogen and oxygen atoms in total. The Morgan fingerprint density at radius 1 is 1.03 bits per heavy atom. The first-order valence-corrected chi connectivity index (χ1v) is 10.7. The second kappa shape index (κ2) is 9.09. The summed E-state index contributed by atoms with van der Waals surface area (Å²) in [5, 5.41) is 2.80. The van der Waals surface area contributed by atoms with E-state index in [0.717, 1.165) is 4.31 Å². The second-order valence-electron chi connectivity index (χ2n) is 6.43. The number of aromatic nitrogens is 1. The van der Waals surface area contributed by atoms with Crippen molar-refractivity contribution in [1.29, 1.82) is 0 Å². The third kappa shape index (κ3) is 5.05. The van der Waals surface area contributed by atoms with E-state index < -0.39 is 15.9 Å². The summed E-state index contributed by atoms with van der Waals surface area (Å²) in [5.74, 6) is 5.49. The van der Waals surface area contributed by atoms with Crippen LogP contribution in [0.5, 0.6) is 0 Å². The molecule has 0 aliphatic heterocycles. The predicted octanol–water partition coefficient (Wildman–Crippen LogP) is 3.64. The first kappa shape index (κ1) is 21.5. The molecular formula is C22H18ClN3O3S. The molecule has 0 aliphatic carbocycles. The molecule has 0 fully saturated rings. The number of benzene rings is 2. The quantitative estimate of drug-likeness (QED) is 0.629. The van der Waals surface area contributed by atoms with Gasteiger partial charge in [0.05, 0.1) is 5.02 Å². The molecule has 1 aromatic heterocycles. The molecule has 3 aromatic rings. The number of carbonyl (C=O) groups excluding carboxylic acids is 1. The van der Waals surface area contributed by atoms with Crippen LogP contribution in [-0.4, -0.2) is 37.7 Å². The van der Waals surface area contributed by atoms with Gasteiger partial charge >= 0.3 is 0 Å². The average molecular weight is 440 g/mol. The molecule has 0 radical (unpaired) electrons. The molecule has 2 aromatic carbocycles. The number of hydrogen-bond acceptors (Lipinski definition) is 4. The molecule has 0 saturated carbocycles. The Bertz CT molecular complexity index is 1250. The summed E-state index contributed by atoms with van der Waals surface area (Å²) in [6.07, 6.45) is 1.66. The Morgan fingerprint density at radius 2 is 1.83 bits per heavy atom. The van der Waals surface area contributed by atoms with E-state index in [0.29, 0.717) is 16.9 Å². The topological polar surface area (TPSA) is 79.4 Å². The molecule has 0 unspecified atom stereocenters. The van der Waals surface area contributed by atoms with Gasteiger partial charge in [0.15, 0.2) is 0 Å². The van der Waals surface area contributed by atoms with E-state index in [9.17, 15) is 13.2 Å². The maximum atomic E-state index is 12.7. The van der Waals surface area contributed by atoms with Crippen LogP contribution in [0.15, 0.2) is 71.8 Å². The van der Waals surface area contributed by atoms with E-state index in [4.69, 9.17) is 11.6 Å². The normalized spacial score (nSPS) is 10.9. The lowest BCUT2D eigenvalue weighted by molar-refractivity contribution is 0.102. The number of hydrogen-bond donors (Lipinski definition) is 1. The molecule has 0 bridgehead atoms. The Morgan fingerprint density at radius 3 is 2.53 bits per heavy atom. The third-order valence-corrected chi connectivity index (χ3v) is 6.37. The van der Waals surface area contributed by atoms with E-state index in [2.05, 4.69) is 22.1 Å². The van der Waals surface area contributed by atoms with Crippen LogP contribution in [0.4, 0.5) is 5.69 Å². The molecule has 0 spiro atoms. The van der Waals surface area contributed by atoms with Crippen molar-refractivity contribution in [3.05, 3.63) is 88.7 Å². The van der Waals surface area contributed by atoms with E-state index in [1.807, 2.05) is 18.2 Å². The smallest absolute Gasteiger partial charge is 0.255 e. The van der Waals surface area contributed by atoms with Crippen molar-refractivity contribution >= 4 is 33.2 Å². The molecular weight excluding hydrogens is 422 g/mol. The number of anilines is 1. The lowest BCUT2D eigenvalue weighted by Crippen LogP contribution is -2.23. The van der Waals surface area contributed by atoms with Crippen LogP contribution in [0, 0.1) is 11.8 Å². The van der Waals surface area contributed by atoms with Crippen molar-refractivity contribution in [3.8, 4) is 11.8 Å². The van der Waals surface area contributed by atoms with Crippen LogP contribution in [0.25, 0.3) is 0 Å².